The topological polar surface area (TPSA) is 49.9 Å². The SMILES string of the molecule is CC(C)CC(=O)N1CCCC(COc2ccc(C(=O)N3CCCCC3)cc2)C1. The van der Waals surface area contributed by atoms with Crippen LogP contribution in [0.1, 0.15) is 62.7 Å². The van der Waals surface area contributed by atoms with Gasteiger partial charge >= 0.3 is 0 Å². The number of amides is 2. The molecule has 0 saturated carbocycles. The largest absolute Gasteiger partial charge is 0.493 e. The number of benzene rings is 1. The summed E-state index contributed by atoms with van der Waals surface area (Å²) in [7, 11) is 0. The molecule has 0 radical (unpaired) electrons. The van der Waals surface area contributed by atoms with Crippen LogP contribution in [-0.2, 0) is 4.79 Å². The fraction of sp³-hybridized carbons (Fsp3) is 0.652. The molecule has 5 heteroatoms. The smallest absolute Gasteiger partial charge is 0.253 e. The molecule has 2 fully saturated rings. The van der Waals surface area contributed by atoms with E-state index in [4.69, 9.17) is 4.74 Å². The summed E-state index contributed by atoms with van der Waals surface area (Å²) in [5.41, 5.74) is 0.734. The van der Waals surface area contributed by atoms with E-state index in [1.165, 1.54) is 6.42 Å². The molecule has 3 rings (SSSR count). The summed E-state index contributed by atoms with van der Waals surface area (Å²) < 4.78 is 5.97. The maximum absolute atomic E-state index is 12.5. The van der Waals surface area contributed by atoms with Crippen molar-refractivity contribution in [2.24, 2.45) is 11.8 Å². The van der Waals surface area contributed by atoms with Gasteiger partial charge in [0.1, 0.15) is 5.75 Å². The summed E-state index contributed by atoms with van der Waals surface area (Å²) in [4.78, 5) is 28.8. The summed E-state index contributed by atoms with van der Waals surface area (Å²) in [6, 6.07) is 7.51. The van der Waals surface area contributed by atoms with Gasteiger partial charge in [-0.1, -0.05) is 13.8 Å². The maximum Gasteiger partial charge on any atom is 0.253 e. The van der Waals surface area contributed by atoms with E-state index in [9.17, 15) is 9.59 Å². The number of rotatable bonds is 6. The highest BCUT2D eigenvalue weighted by atomic mass is 16.5. The van der Waals surface area contributed by atoms with Crippen LogP contribution in [0.15, 0.2) is 24.3 Å². The van der Waals surface area contributed by atoms with E-state index >= 15 is 0 Å². The number of carbonyl (C=O) groups is 2. The van der Waals surface area contributed by atoms with Crippen molar-refractivity contribution in [1.29, 1.82) is 0 Å². The van der Waals surface area contributed by atoms with Gasteiger partial charge in [0.2, 0.25) is 5.91 Å². The van der Waals surface area contributed by atoms with Gasteiger partial charge in [0.15, 0.2) is 0 Å². The van der Waals surface area contributed by atoms with Crippen molar-refractivity contribution in [2.75, 3.05) is 32.8 Å². The minimum atomic E-state index is 0.123. The molecular weight excluding hydrogens is 352 g/mol. The summed E-state index contributed by atoms with van der Waals surface area (Å²) in [5, 5.41) is 0. The number of carbonyl (C=O) groups excluding carboxylic acids is 2. The Bertz CT molecular complexity index is 650. The van der Waals surface area contributed by atoms with Crippen molar-refractivity contribution in [1.82, 2.24) is 9.80 Å². The first kappa shape index (κ1) is 20.7. The van der Waals surface area contributed by atoms with Crippen LogP contribution >= 0.6 is 0 Å². The van der Waals surface area contributed by atoms with Crippen LogP contribution in [0.2, 0.25) is 0 Å². The standard InChI is InChI=1S/C23H34N2O3/c1-18(2)15-22(26)25-14-6-7-19(16-25)17-28-21-10-8-20(9-11-21)23(27)24-12-4-3-5-13-24/h8-11,18-19H,3-7,12-17H2,1-2H3. The highest BCUT2D eigenvalue weighted by Crippen LogP contribution is 2.21. The van der Waals surface area contributed by atoms with Crippen molar-refractivity contribution in [3.8, 4) is 5.75 Å². The zero-order valence-electron chi connectivity index (χ0n) is 17.4. The second kappa shape index (κ2) is 9.94. The first-order valence-corrected chi connectivity index (χ1v) is 10.8. The number of piperidine rings is 2. The van der Waals surface area contributed by atoms with Crippen LogP contribution in [0.5, 0.6) is 5.75 Å². The molecule has 0 bridgehead atoms. The fourth-order valence-corrected chi connectivity index (χ4v) is 4.09. The first-order chi connectivity index (χ1) is 13.5. The third-order valence-electron chi connectivity index (χ3n) is 5.68. The van der Waals surface area contributed by atoms with E-state index < -0.39 is 0 Å². The molecule has 2 heterocycles. The van der Waals surface area contributed by atoms with E-state index in [2.05, 4.69) is 13.8 Å². The molecule has 5 nitrogen and oxygen atoms in total. The lowest BCUT2D eigenvalue weighted by Crippen LogP contribution is -2.41. The van der Waals surface area contributed by atoms with Crippen LogP contribution in [0.3, 0.4) is 0 Å². The summed E-state index contributed by atoms with van der Waals surface area (Å²) in [6.07, 6.45) is 6.19. The molecule has 2 amide bonds. The number of ether oxygens (including phenoxy) is 1. The first-order valence-electron chi connectivity index (χ1n) is 10.8. The molecule has 2 aliphatic heterocycles. The number of likely N-dealkylation sites (tertiary alicyclic amines) is 2. The van der Waals surface area contributed by atoms with Gasteiger partial charge in [-0.05, 0) is 62.3 Å². The second-order valence-electron chi connectivity index (χ2n) is 8.63. The van der Waals surface area contributed by atoms with Gasteiger partial charge in [0.25, 0.3) is 5.91 Å². The molecule has 1 aromatic carbocycles. The fourth-order valence-electron chi connectivity index (χ4n) is 4.09. The van der Waals surface area contributed by atoms with Gasteiger partial charge < -0.3 is 14.5 Å². The predicted octanol–water partition coefficient (Wildman–Crippen LogP) is 3.98. The Balaban J connectivity index is 1.48. The van der Waals surface area contributed by atoms with E-state index in [0.717, 1.165) is 63.2 Å². The van der Waals surface area contributed by atoms with E-state index in [1.807, 2.05) is 34.1 Å². The average molecular weight is 387 g/mol. The Morgan fingerprint density at radius 3 is 2.36 bits per heavy atom. The number of hydrogen-bond donors (Lipinski definition) is 0. The Kier molecular flexibility index (Phi) is 7.35. The Labute approximate surface area is 169 Å². The quantitative estimate of drug-likeness (QED) is 0.743. The van der Waals surface area contributed by atoms with Crippen LogP contribution in [0.4, 0.5) is 0 Å². The molecule has 2 aliphatic rings. The van der Waals surface area contributed by atoms with Gasteiger partial charge in [-0.15, -0.1) is 0 Å². The zero-order chi connectivity index (χ0) is 19.9. The highest BCUT2D eigenvalue weighted by Gasteiger charge is 2.24. The monoisotopic (exact) mass is 386 g/mol. The second-order valence-corrected chi connectivity index (χ2v) is 8.63. The predicted molar refractivity (Wildman–Crippen MR) is 110 cm³/mol. The van der Waals surface area contributed by atoms with E-state index in [0.29, 0.717) is 24.9 Å². The van der Waals surface area contributed by atoms with Crippen LogP contribution in [-0.4, -0.2) is 54.4 Å². The molecule has 0 aliphatic carbocycles. The summed E-state index contributed by atoms with van der Waals surface area (Å²) >= 11 is 0. The molecule has 154 valence electrons. The molecule has 0 aromatic heterocycles. The van der Waals surface area contributed by atoms with Crippen molar-refractivity contribution in [2.45, 2.75) is 52.4 Å². The third-order valence-corrected chi connectivity index (χ3v) is 5.68. The van der Waals surface area contributed by atoms with Gasteiger partial charge in [-0.3, -0.25) is 9.59 Å². The van der Waals surface area contributed by atoms with Gasteiger partial charge in [0.05, 0.1) is 6.61 Å². The summed E-state index contributed by atoms with van der Waals surface area (Å²) in [5.74, 6) is 1.95. The van der Waals surface area contributed by atoms with Crippen molar-refractivity contribution in [3.05, 3.63) is 29.8 Å². The normalized spacial score (nSPS) is 20.3. The number of nitrogens with zero attached hydrogens (tertiary/aromatic N) is 2. The molecule has 0 N–H and O–H groups in total. The maximum atomic E-state index is 12.5. The molecule has 0 spiro atoms. The molecule has 2 saturated heterocycles. The average Bonchev–Trinajstić information content (AvgIpc) is 2.72. The van der Waals surface area contributed by atoms with Crippen molar-refractivity contribution in [3.63, 3.8) is 0 Å². The minimum Gasteiger partial charge on any atom is -0.493 e. The van der Waals surface area contributed by atoms with Gasteiger partial charge in [0, 0.05) is 44.1 Å². The van der Waals surface area contributed by atoms with Crippen LogP contribution in [0, 0.1) is 11.8 Å². The van der Waals surface area contributed by atoms with Crippen molar-refractivity contribution < 1.29 is 14.3 Å². The lowest BCUT2D eigenvalue weighted by Gasteiger charge is -2.33. The lowest BCUT2D eigenvalue weighted by atomic mass is 9.98. The number of hydrogen-bond acceptors (Lipinski definition) is 3. The molecule has 28 heavy (non-hydrogen) atoms. The molecule has 1 aromatic rings. The van der Waals surface area contributed by atoms with Gasteiger partial charge in [-0.25, -0.2) is 0 Å². The summed E-state index contributed by atoms with van der Waals surface area (Å²) in [6.45, 7) is 8.18. The molecular formula is C23H34N2O3. The molecule has 1 unspecified atom stereocenters. The lowest BCUT2D eigenvalue weighted by molar-refractivity contribution is -0.134. The highest BCUT2D eigenvalue weighted by molar-refractivity contribution is 5.94. The zero-order valence-corrected chi connectivity index (χ0v) is 17.4. The van der Waals surface area contributed by atoms with E-state index in [-0.39, 0.29) is 11.8 Å². The Morgan fingerprint density at radius 2 is 1.68 bits per heavy atom. The minimum absolute atomic E-state index is 0.123. The van der Waals surface area contributed by atoms with Gasteiger partial charge in [-0.2, -0.15) is 0 Å². The Hall–Kier alpha value is -2.04. The van der Waals surface area contributed by atoms with Crippen LogP contribution in [0.25, 0.3) is 0 Å². The molecule has 1 atom stereocenters. The van der Waals surface area contributed by atoms with E-state index in [1.54, 1.807) is 0 Å². The third kappa shape index (κ3) is 5.73. The Morgan fingerprint density at radius 1 is 1.00 bits per heavy atom. The van der Waals surface area contributed by atoms with Crippen LogP contribution < -0.4 is 4.74 Å². The van der Waals surface area contributed by atoms with Crippen molar-refractivity contribution >= 4 is 11.8 Å².